The molecule has 0 fully saturated rings. The molecule has 3 aromatic rings. The number of unbranched alkanes of at least 4 members (excludes halogenated alkanes) is 2. The zero-order chi connectivity index (χ0) is 17.7. The van der Waals surface area contributed by atoms with Gasteiger partial charge in [-0.2, -0.15) is 0 Å². The fourth-order valence-corrected chi connectivity index (χ4v) is 2.57. The highest BCUT2D eigenvalue weighted by Crippen LogP contribution is 2.33. The van der Waals surface area contributed by atoms with Crippen LogP contribution in [0, 0.1) is 0 Å². The third kappa shape index (κ3) is 6.09. The van der Waals surface area contributed by atoms with E-state index in [1.165, 1.54) is 36.3 Å². The highest BCUT2D eigenvalue weighted by molar-refractivity contribution is 5.76. The van der Waals surface area contributed by atoms with Gasteiger partial charge in [0.05, 0.1) is 0 Å². The topological polar surface area (TPSA) is 29.3 Å². The Morgan fingerprint density at radius 1 is 0.600 bits per heavy atom. The summed E-state index contributed by atoms with van der Waals surface area (Å²) in [5, 5.41) is 0. The van der Waals surface area contributed by atoms with Crippen molar-refractivity contribution in [1.29, 1.82) is 0 Å². The van der Waals surface area contributed by atoms with Crippen LogP contribution < -0.4 is 10.6 Å². The lowest BCUT2D eigenvalue weighted by Crippen LogP contribution is -2.09. The molecule has 0 aliphatic rings. The predicted octanol–water partition coefficient (Wildman–Crippen LogP) is 6.29. The second-order valence-corrected chi connectivity index (χ2v) is 5.84. The molecule has 0 saturated heterocycles. The third-order valence-corrected chi connectivity index (χ3v) is 3.85. The van der Waals surface area contributed by atoms with Crippen LogP contribution in [0.15, 0.2) is 91.0 Å². The number of anilines is 3. The number of hydrogen-bond donors (Lipinski definition) is 1. The van der Waals surface area contributed by atoms with Crippen LogP contribution in [0.5, 0.6) is 0 Å². The van der Waals surface area contributed by atoms with Crippen molar-refractivity contribution in [3.05, 3.63) is 91.0 Å². The second-order valence-electron chi connectivity index (χ2n) is 5.84. The van der Waals surface area contributed by atoms with Crippen LogP contribution in [-0.4, -0.2) is 6.54 Å². The molecule has 0 spiro atoms. The summed E-state index contributed by atoms with van der Waals surface area (Å²) in [7, 11) is 0. The van der Waals surface area contributed by atoms with E-state index in [-0.39, 0.29) is 0 Å². The highest BCUT2D eigenvalue weighted by atomic mass is 15.1. The molecular weight excluding hydrogens is 304 g/mol. The Morgan fingerprint density at radius 3 is 1.20 bits per heavy atom. The molecule has 0 bridgehead atoms. The molecule has 25 heavy (non-hydrogen) atoms. The van der Waals surface area contributed by atoms with Gasteiger partial charge in [0.15, 0.2) is 0 Å². The minimum Gasteiger partial charge on any atom is -0.330 e. The van der Waals surface area contributed by atoms with Gasteiger partial charge >= 0.3 is 0 Å². The molecule has 0 unspecified atom stereocenters. The van der Waals surface area contributed by atoms with Crippen LogP contribution in [0.1, 0.15) is 26.2 Å². The first-order valence-corrected chi connectivity index (χ1v) is 9.02. The summed E-state index contributed by atoms with van der Waals surface area (Å²) in [6.45, 7) is 3.03. The Balaban J connectivity index is 0.000000326. The van der Waals surface area contributed by atoms with E-state index in [0.717, 1.165) is 6.54 Å². The molecule has 0 aliphatic heterocycles. The maximum Gasteiger partial charge on any atom is 0.0461 e. The van der Waals surface area contributed by atoms with Crippen molar-refractivity contribution in [2.24, 2.45) is 5.73 Å². The van der Waals surface area contributed by atoms with Gasteiger partial charge in [-0.1, -0.05) is 74.4 Å². The summed E-state index contributed by atoms with van der Waals surface area (Å²) < 4.78 is 0. The first-order chi connectivity index (χ1) is 12.4. The van der Waals surface area contributed by atoms with E-state index in [4.69, 9.17) is 5.73 Å². The van der Waals surface area contributed by atoms with Gasteiger partial charge < -0.3 is 10.6 Å². The monoisotopic (exact) mass is 332 g/mol. The second kappa shape index (κ2) is 11.1. The summed E-state index contributed by atoms with van der Waals surface area (Å²) in [5.41, 5.74) is 8.71. The lowest BCUT2D eigenvalue weighted by Gasteiger charge is -2.25. The summed E-state index contributed by atoms with van der Waals surface area (Å²) in [6, 6.07) is 31.3. The van der Waals surface area contributed by atoms with Crippen molar-refractivity contribution >= 4 is 17.1 Å². The number of hydrogen-bond acceptors (Lipinski definition) is 2. The van der Waals surface area contributed by atoms with Crippen molar-refractivity contribution in [1.82, 2.24) is 0 Å². The average molecular weight is 332 g/mol. The average Bonchev–Trinajstić information content (AvgIpc) is 2.70. The zero-order valence-corrected chi connectivity index (χ0v) is 15.0. The van der Waals surface area contributed by atoms with E-state index in [2.05, 4.69) is 84.6 Å². The van der Waals surface area contributed by atoms with Gasteiger partial charge in [-0.25, -0.2) is 0 Å². The quantitative estimate of drug-likeness (QED) is 0.537. The lowest BCUT2D eigenvalue weighted by molar-refractivity contribution is 0.727. The van der Waals surface area contributed by atoms with E-state index >= 15 is 0 Å². The normalized spacial score (nSPS) is 9.84. The smallest absolute Gasteiger partial charge is 0.0461 e. The lowest BCUT2D eigenvalue weighted by atomic mass is 10.2. The van der Waals surface area contributed by atoms with Crippen LogP contribution in [0.25, 0.3) is 0 Å². The van der Waals surface area contributed by atoms with E-state index in [9.17, 15) is 0 Å². The molecule has 2 heteroatoms. The van der Waals surface area contributed by atoms with Gasteiger partial charge in [0.1, 0.15) is 0 Å². The molecule has 0 atom stereocenters. The molecule has 0 aliphatic carbocycles. The van der Waals surface area contributed by atoms with Crippen molar-refractivity contribution in [2.75, 3.05) is 11.4 Å². The van der Waals surface area contributed by atoms with Gasteiger partial charge in [-0.3, -0.25) is 0 Å². The van der Waals surface area contributed by atoms with Gasteiger partial charge in [-0.05, 0) is 49.4 Å². The van der Waals surface area contributed by atoms with Gasteiger partial charge in [0, 0.05) is 17.1 Å². The molecule has 3 rings (SSSR count). The predicted molar refractivity (Wildman–Crippen MR) is 110 cm³/mol. The van der Waals surface area contributed by atoms with Crippen molar-refractivity contribution in [3.63, 3.8) is 0 Å². The molecule has 0 aromatic heterocycles. The molecular formula is C23H28N2. The summed E-state index contributed by atoms with van der Waals surface area (Å²) in [5.74, 6) is 0. The first kappa shape index (κ1) is 18.8. The summed E-state index contributed by atoms with van der Waals surface area (Å²) >= 11 is 0. The maximum atomic E-state index is 5.21. The Bertz CT molecular complexity index is 583. The minimum absolute atomic E-state index is 0.855. The molecule has 130 valence electrons. The molecule has 0 amide bonds. The van der Waals surface area contributed by atoms with Gasteiger partial charge in [-0.15, -0.1) is 0 Å². The number of benzene rings is 3. The Labute approximate surface area is 151 Å². The number of nitrogens with two attached hydrogens (primary N) is 1. The zero-order valence-electron chi connectivity index (χ0n) is 15.0. The van der Waals surface area contributed by atoms with Gasteiger partial charge in [0.25, 0.3) is 0 Å². The fraction of sp³-hybridized carbons (Fsp3) is 0.217. The van der Waals surface area contributed by atoms with Crippen molar-refractivity contribution < 1.29 is 0 Å². The molecule has 2 N–H and O–H groups in total. The van der Waals surface area contributed by atoms with E-state index in [1.54, 1.807) is 0 Å². The Kier molecular flexibility index (Phi) is 8.30. The Morgan fingerprint density at radius 2 is 0.960 bits per heavy atom. The largest absolute Gasteiger partial charge is 0.330 e. The Hall–Kier alpha value is -2.58. The van der Waals surface area contributed by atoms with Crippen LogP contribution in [0.4, 0.5) is 17.1 Å². The minimum atomic E-state index is 0.855. The first-order valence-electron chi connectivity index (χ1n) is 9.02. The number of para-hydroxylation sites is 3. The van der Waals surface area contributed by atoms with Gasteiger partial charge in [0.2, 0.25) is 0 Å². The molecule has 3 aromatic carbocycles. The fourth-order valence-electron chi connectivity index (χ4n) is 2.57. The van der Waals surface area contributed by atoms with Crippen molar-refractivity contribution in [3.8, 4) is 0 Å². The number of rotatable bonds is 6. The van der Waals surface area contributed by atoms with E-state index in [0.29, 0.717) is 0 Å². The van der Waals surface area contributed by atoms with Crippen LogP contribution >= 0.6 is 0 Å². The standard InChI is InChI=1S/C18H15N.C5H13N/c1-4-10-16(11-5-1)19(17-12-6-2-7-13-17)18-14-8-3-9-15-18;1-2-3-4-5-6/h1-15H;2-6H2,1H3. The SMILES string of the molecule is CCCCCN.c1ccc(N(c2ccccc2)c2ccccc2)cc1. The van der Waals surface area contributed by atoms with E-state index < -0.39 is 0 Å². The molecule has 2 nitrogen and oxygen atoms in total. The molecule has 0 heterocycles. The van der Waals surface area contributed by atoms with Crippen molar-refractivity contribution in [2.45, 2.75) is 26.2 Å². The van der Waals surface area contributed by atoms with Crippen LogP contribution in [0.3, 0.4) is 0 Å². The third-order valence-electron chi connectivity index (χ3n) is 3.85. The summed E-state index contributed by atoms with van der Waals surface area (Å²) in [6.07, 6.45) is 3.75. The van der Waals surface area contributed by atoms with E-state index in [1.807, 2.05) is 18.2 Å². The highest BCUT2D eigenvalue weighted by Gasteiger charge is 2.10. The maximum absolute atomic E-state index is 5.21. The molecule has 0 saturated carbocycles. The van der Waals surface area contributed by atoms with Crippen LogP contribution in [0.2, 0.25) is 0 Å². The number of nitrogens with zero attached hydrogens (tertiary/aromatic N) is 1. The summed E-state index contributed by atoms with van der Waals surface area (Å²) in [4.78, 5) is 2.25. The van der Waals surface area contributed by atoms with Crippen LogP contribution in [-0.2, 0) is 0 Å². The molecule has 0 radical (unpaired) electrons.